The minimum Gasteiger partial charge on any atom is -0.465 e. The Kier molecular flexibility index (Phi) is 6.77. The maximum atomic E-state index is 14.1. The average Bonchev–Trinajstić information content (AvgIpc) is 3.13. The molecular formula is C20H22F2N2O5S2. The highest BCUT2D eigenvalue weighted by Gasteiger charge is 2.37. The van der Waals surface area contributed by atoms with E-state index in [4.69, 9.17) is 4.74 Å². The van der Waals surface area contributed by atoms with Crippen LogP contribution in [0.3, 0.4) is 0 Å². The summed E-state index contributed by atoms with van der Waals surface area (Å²) in [6, 6.07) is 3.17. The second-order valence-electron chi connectivity index (χ2n) is 6.82. The van der Waals surface area contributed by atoms with E-state index in [2.05, 4.69) is 0 Å². The van der Waals surface area contributed by atoms with Crippen LogP contribution in [-0.4, -0.2) is 56.2 Å². The molecule has 168 valence electrons. The van der Waals surface area contributed by atoms with Crippen LogP contribution in [0.25, 0.3) is 0 Å². The molecular weight excluding hydrogens is 450 g/mol. The third-order valence-corrected chi connectivity index (χ3v) is 8.92. The van der Waals surface area contributed by atoms with Gasteiger partial charge in [0.15, 0.2) is 0 Å². The number of carbonyl (C=O) groups is 2. The van der Waals surface area contributed by atoms with E-state index in [1.165, 1.54) is 22.4 Å². The molecule has 1 aliphatic heterocycles. The van der Waals surface area contributed by atoms with E-state index in [1.807, 2.05) is 0 Å². The first-order valence-corrected chi connectivity index (χ1v) is 11.9. The van der Waals surface area contributed by atoms with E-state index in [0.29, 0.717) is 10.4 Å². The molecule has 0 N–H and O–H groups in total. The molecule has 1 aromatic heterocycles. The largest absolute Gasteiger partial charge is 0.465 e. The van der Waals surface area contributed by atoms with Gasteiger partial charge in [-0.3, -0.25) is 4.79 Å². The Bertz CT molecular complexity index is 1110. The van der Waals surface area contributed by atoms with E-state index >= 15 is 0 Å². The first kappa shape index (κ1) is 23.3. The van der Waals surface area contributed by atoms with Gasteiger partial charge in [0, 0.05) is 24.5 Å². The zero-order valence-electron chi connectivity index (χ0n) is 17.3. The number of sulfonamides is 1. The molecule has 0 bridgehead atoms. The Labute approximate surface area is 183 Å². The summed E-state index contributed by atoms with van der Waals surface area (Å²) < 4.78 is 60.3. The Morgan fingerprint density at radius 1 is 1.16 bits per heavy atom. The number of rotatable bonds is 6. The summed E-state index contributed by atoms with van der Waals surface area (Å²) >= 11 is 0.885. The van der Waals surface area contributed by atoms with E-state index < -0.39 is 39.1 Å². The molecule has 0 aliphatic carbocycles. The molecule has 0 unspecified atom stereocenters. The van der Waals surface area contributed by atoms with Gasteiger partial charge in [0.05, 0.1) is 19.2 Å². The van der Waals surface area contributed by atoms with Gasteiger partial charge in [-0.1, -0.05) is 19.9 Å². The van der Waals surface area contributed by atoms with Gasteiger partial charge in [-0.25, -0.2) is 22.0 Å². The van der Waals surface area contributed by atoms with Crippen LogP contribution >= 0.6 is 11.3 Å². The number of amides is 1. The van der Waals surface area contributed by atoms with Crippen LogP contribution in [0.2, 0.25) is 0 Å². The van der Waals surface area contributed by atoms with Crippen LogP contribution in [-0.2, 0) is 27.7 Å². The lowest BCUT2D eigenvalue weighted by Gasteiger charge is -2.27. The maximum Gasteiger partial charge on any atom is 0.340 e. The van der Waals surface area contributed by atoms with Crippen molar-refractivity contribution in [2.75, 3.05) is 26.7 Å². The fourth-order valence-corrected chi connectivity index (χ4v) is 7.08. The van der Waals surface area contributed by atoms with Gasteiger partial charge in [0.25, 0.3) is 15.9 Å². The molecule has 1 aliphatic rings. The molecule has 0 radical (unpaired) electrons. The summed E-state index contributed by atoms with van der Waals surface area (Å²) in [7, 11) is -2.79. The van der Waals surface area contributed by atoms with Crippen molar-refractivity contribution in [2.45, 2.75) is 31.0 Å². The van der Waals surface area contributed by atoms with E-state index in [-0.39, 0.29) is 42.4 Å². The molecule has 0 spiro atoms. The zero-order chi connectivity index (χ0) is 22.9. The standard InChI is InChI=1S/C20H22F2N2O5S2/c1-4-24(5-2)31(27,28)20-16(19(26)29-3)12-9-10-23(11-15(12)30-20)18(25)17-13(21)7-6-8-14(17)22/h6-8H,4-5,9-11H2,1-3H3. The fraction of sp³-hybridized carbons (Fsp3) is 0.400. The predicted molar refractivity (Wildman–Crippen MR) is 111 cm³/mol. The van der Waals surface area contributed by atoms with Crippen molar-refractivity contribution in [1.82, 2.24) is 9.21 Å². The molecule has 11 heteroatoms. The molecule has 31 heavy (non-hydrogen) atoms. The van der Waals surface area contributed by atoms with Gasteiger partial charge in [-0.15, -0.1) is 11.3 Å². The lowest BCUT2D eigenvalue weighted by atomic mass is 10.0. The van der Waals surface area contributed by atoms with Crippen molar-refractivity contribution < 1.29 is 31.5 Å². The van der Waals surface area contributed by atoms with Gasteiger partial charge in [0.2, 0.25) is 0 Å². The average molecular weight is 473 g/mol. The number of ether oxygens (including phenoxy) is 1. The highest BCUT2D eigenvalue weighted by Crippen LogP contribution is 2.38. The summed E-state index contributed by atoms with van der Waals surface area (Å²) in [5.41, 5.74) is -0.203. The second kappa shape index (κ2) is 9.01. The summed E-state index contributed by atoms with van der Waals surface area (Å²) in [4.78, 5) is 26.9. The van der Waals surface area contributed by atoms with E-state index in [0.717, 1.165) is 23.5 Å². The number of methoxy groups -OCH3 is 1. The number of hydrogen-bond donors (Lipinski definition) is 0. The summed E-state index contributed by atoms with van der Waals surface area (Å²) in [5.74, 6) is -3.55. The topological polar surface area (TPSA) is 84.0 Å². The molecule has 0 saturated carbocycles. The number of hydrogen-bond acceptors (Lipinski definition) is 6. The van der Waals surface area contributed by atoms with Crippen LogP contribution in [0, 0.1) is 11.6 Å². The molecule has 1 aromatic carbocycles. The van der Waals surface area contributed by atoms with E-state index in [9.17, 15) is 26.8 Å². The van der Waals surface area contributed by atoms with Crippen LogP contribution in [0.5, 0.6) is 0 Å². The van der Waals surface area contributed by atoms with Crippen LogP contribution in [0.1, 0.15) is 45.0 Å². The molecule has 1 amide bonds. The van der Waals surface area contributed by atoms with Crippen molar-refractivity contribution >= 4 is 33.2 Å². The SMILES string of the molecule is CCN(CC)S(=O)(=O)c1sc2c(c1C(=O)OC)CCN(C(=O)c1c(F)cccc1F)C2. The highest BCUT2D eigenvalue weighted by atomic mass is 32.2. The minimum atomic E-state index is -3.96. The number of carbonyl (C=O) groups excluding carboxylic acids is 2. The molecule has 2 heterocycles. The van der Waals surface area contributed by atoms with Crippen LogP contribution in [0.4, 0.5) is 8.78 Å². The van der Waals surface area contributed by atoms with Gasteiger partial charge >= 0.3 is 5.97 Å². The Balaban J connectivity index is 2.05. The van der Waals surface area contributed by atoms with Crippen molar-refractivity contribution in [3.8, 4) is 0 Å². The number of benzene rings is 1. The van der Waals surface area contributed by atoms with Crippen molar-refractivity contribution in [3.63, 3.8) is 0 Å². The lowest BCUT2D eigenvalue weighted by Crippen LogP contribution is -2.36. The quantitative estimate of drug-likeness (QED) is 0.604. The summed E-state index contributed by atoms with van der Waals surface area (Å²) in [5, 5.41) is 0. The predicted octanol–water partition coefficient (Wildman–Crippen LogP) is 3.04. The van der Waals surface area contributed by atoms with Crippen molar-refractivity contribution in [3.05, 3.63) is 51.4 Å². The van der Waals surface area contributed by atoms with E-state index in [1.54, 1.807) is 13.8 Å². The van der Waals surface area contributed by atoms with Gasteiger partial charge in [-0.2, -0.15) is 4.31 Å². The molecule has 0 fully saturated rings. The smallest absolute Gasteiger partial charge is 0.340 e. The molecule has 2 aromatic rings. The highest BCUT2D eigenvalue weighted by molar-refractivity contribution is 7.91. The first-order chi connectivity index (χ1) is 14.7. The molecule has 3 rings (SSSR count). The Hall–Kier alpha value is -2.37. The lowest BCUT2D eigenvalue weighted by molar-refractivity contribution is 0.0595. The van der Waals surface area contributed by atoms with Gasteiger partial charge < -0.3 is 9.64 Å². The second-order valence-corrected chi connectivity index (χ2v) is 10.1. The first-order valence-electron chi connectivity index (χ1n) is 9.63. The molecule has 0 saturated heterocycles. The number of esters is 1. The fourth-order valence-electron chi connectivity index (χ4n) is 3.58. The maximum absolute atomic E-state index is 14.1. The van der Waals surface area contributed by atoms with Gasteiger partial charge in [-0.05, 0) is 24.1 Å². The number of nitrogens with zero attached hydrogens (tertiary/aromatic N) is 2. The Morgan fingerprint density at radius 2 is 1.77 bits per heavy atom. The normalized spacial score (nSPS) is 13.9. The molecule has 0 atom stereocenters. The Morgan fingerprint density at radius 3 is 2.32 bits per heavy atom. The van der Waals surface area contributed by atoms with Crippen molar-refractivity contribution in [2.24, 2.45) is 0 Å². The summed E-state index contributed by atoms with van der Waals surface area (Å²) in [6.07, 6.45) is 0.159. The van der Waals surface area contributed by atoms with Crippen molar-refractivity contribution in [1.29, 1.82) is 0 Å². The number of fused-ring (bicyclic) bond motifs is 1. The number of halogens is 2. The molecule has 7 nitrogen and oxygen atoms in total. The third-order valence-electron chi connectivity index (χ3n) is 5.16. The third kappa shape index (κ3) is 4.09. The summed E-state index contributed by atoms with van der Waals surface area (Å²) in [6.45, 7) is 3.83. The zero-order valence-corrected chi connectivity index (χ0v) is 18.9. The van der Waals surface area contributed by atoms with Gasteiger partial charge in [0.1, 0.15) is 21.4 Å². The minimum absolute atomic E-state index is 0.0291. The monoisotopic (exact) mass is 472 g/mol. The van der Waals surface area contributed by atoms with Crippen LogP contribution in [0.15, 0.2) is 22.4 Å². The van der Waals surface area contributed by atoms with Crippen LogP contribution < -0.4 is 0 Å². The number of thiophene rings is 1.